The molecule has 12 heteroatoms. The van der Waals surface area contributed by atoms with E-state index in [0.717, 1.165) is 44.5 Å². The Labute approximate surface area is 461 Å². The number of fused-ring (bicyclic) bond motifs is 1. The quantitative estimate of drug-likeness (QED) is 0.0286. The van der Waals surface area contributed by atoms with Crippen LogP contribution in [0, 0.1) is 0 Å². The van der Waals surface area contributed by atoms with Gasteiger partial charge in [0, 0.05) is 27.8 Å². The highest BCUT2D eigenvalue weighted by atomic mass is 32.2. The fourth-order valence-corrected chi connectivity index (χ4v) is 12.4. The van der Waals surface area contributed by atoms with Gasteiger partial charge in [0.15, 0.2) is 16.9 Å². The van der Waals surface area contributed by atoms with Crippen LogP contribution in [0.5, 0.6) is 0 Å². The first-order valence-corrected chi connectivity index (χ1v) is 27.6. The molecule has 2 atom stereocenters. The standard InChI is InChI=1S/C66H53N5O5S2/c1-2-27-48-44-77-62-57(61(73)71(62)58(48)63(74)75-59(46-28-11-3-12-29-46)47-30-13-4-14-31-47)68-60(72)56(70-76-66(52-38-21-8-22-39-52,53-40-23-9-24-41-53)54-42-25-10-26-43-54)55-45-78-64(67-55)69-65(49-32-15-5-16-33-49,50-34-17-6-18-35-50)51-36-19-7-20-37-51/h2-43,45,57,59,62H,44H2,1H3,(H,67,69)(H,68,72)/b27-2-,70-56-/t57?,62-/m1/s1. The summed E-state index contributed by atoms with van der Waals surface area (Å²) in [6.07, 6.45) is 2.92. The number of nitrogens with zero attached hydrogens (tertiary/aromatic N) is 3. The second-order valence-corrected chi connectivity index (χ2v) is 20.6. The van der Waals surface area contributed by atoms with E-state index in [9.17, 15) is 9.59 Å². The van der Waals surface area contributed by atoms with E-state index < -0.39 is 46.4 Å². The number of esters is 1. The summed E-state index contributed by atoms with van der Waals surface area (Å²) >= 11 is 2.76. The molecule has 2 N–H and O–H groups in total. The first-order valence-electron chi connectivity index (χ1n) is 25.6. The van der Waals surface area contributed by atoms with E-state index in [0.29, 0.717) is 16.5 Å². The van der Waals surface area contributed by atoms with Crippen LogP contribution in [0.2, 0.25) is 0 Å². The molecule has 9 aromatic rings. The molecule has 2 aliphatic rings. The van der Waals surface area contributed by atoms with Crippen molar-refractivity contribution in [2.45, 2.75) is 35.6 Å². The number of ether oxygens (including phenoxy) is 1. The number of thioether (sulfide) groups is 1. The van der Waals surface area contributed by atoms with Crippen molar-refractivity contribution in [3.8, 4) is 0 Å². The van der Waals surface area contributed by atoms with Gasteiger partial charge < -0.3 is 20.2 Å². The van der Waals surface area contributed by atoms with Gasteiger partial charge in [-0.05, 0) is 40.3 Å². The van der Waals surface area contributed by atoms with Gasteiger partial charge in [-0.2, -0.15) is 0 Å². The third kappa shape index (κ3) is 9.95. The summed E-state index contributed by atoms with van der Waals surface area (Å²) in [5.74, 6) is -1.45. The largest absolute Gasteiger partial charge is 0.448 e. The number of oxime groups is 1. The maximum absolute atomic E-state index is 15.4. The van der Waals surface area contributed by atoms with Crippen molar-refractivity contribution in [2.24, 2.45) is 5.16 Å². The molecule has 78 heavy (non-hydrogen) atoms. The fourth-order valence-electron chi connectivity index (χ4n) is 10.3. The Hall–Kier alpha value is -9.10. The third-order valence-electron chi connectivity index (χ3n) is 14.0. The van der Waals surface area contributed by atoms with Crippen LogP contribution in [0.25, 0.3) is 0 Å². The van der Waals surface area contributed by atoms with Gasteiger partial charge in [-0.25, -0.2) is 9.78 Å². The van der Waals surface area contributed by atoms with Gasteiger partial charge in [-0.3, -0.25) is 14.5 Å². The van der Waals surface area contributed by atoms with Crippen molar-refractivity contribution in [3.05, 3.63) is 322 Å². The Morgan fingerprint density at radius 2 is 1.05 bits per heavy atom. The van der Waals surface area contributed by atoms with Crippen LogP contribution in [0.4, 0.5) is 5.13 Å². The number of thiazole rings is 1. The Bertz CT molecular complexity index is 3370. The first-order chi connectivity index (χ1) is 38.4. The van der Waals surface area contributed by atoms with E-state index in [1.807, 2.05) is 225 Å². The second-order valence-electron chi connectivity index (χ2n) is 18.7. The predicted octanol–water partition coefficient (Wildman–Crippen LogP) is 12.8. The predicted molar refractivity (Wildman–Crippen MR) is 309 cm³/mol. The van der Waals surface area contributed by atoms with Crippen LogP contribution in [0.3, 0.4) is 0 Å². The van der Waals surface area contributed by atoms with Crippen LogP contribution in [-0.4, -0.2) is 50.5 Å². The second kappa shape index (κ2) is 23.0. The highest BCUT2D eigenvalue weighted by Crippen LogP contribution is 2.45. The summed E-state index contributed by atoms with van der Waals surface area (Å²) in [5, 5.41) is 13.4. The number of anilines is 1. The van der Waals surface area contributed by atoms with E-state index in [2.05, 4.69) is 47.0 Å². The van der Waals surface area contributed by atoms with Crippen molar-refractivity contribution >= 4 is 51.7 Å². The minimum absolute atomic E-state index is 0.133. The highest BCUT2D eigenvalue weighted by molar-refractivity contribution is 8.00. The summed E-state index contributed by atoms with van der Waals surface area (Å²) in [4.78, 5) is 58.4. The number of β-lactam (4-membered cyclic amide) rings is 1. The monoisotopic (exact) mass is 1060 g/mol. The smallest absolute Gasteiger partial charge is 0.356 e. The number of rotatable bonds is 18. The van der Waals surface area contributed by atoms with E-state index in [1.165, 1.54) is 28.0 Å². The zero-order chi connectivity index (χ0) is 53.3. The Balaban J connectivity index is 0.984. The molecule has 0 aliphatic carbocycles. The van der Waals surface area contributed by atoms with Gasteiger partial charge in [0.05, 0.1) is 0 Å². The molecule has 0 spiro atoms. The van der Waals surface area contributed by atoms with E-state index >= 15 is 4.79 Å². The Morgan fingerprint density at radius 3 is 1.49 bits per heavy atom. The third-order valence-corrected chi connectivity index (χ3v) is 16.0. The number of allylic oxidation sites excluding steroid dienone is 2. The molecule has 2 aliphatic heterocycles. The van der Waals surface area contributed by atoms with Crippen molar-refractivity contribution in [1.29, 1.82) is 0 Å². The van der Waals surface area contributed by atoms with Gasteiger partial charge in [-0.15, -0.1) is 23.1 Å². The van der Waals surface area contributed by atoms with Gasteiger partial charge in [0.2, 0.25) is 5.60 Å². The van der Waals surface area contributed by atoms with E-state index in [-0.39, 0.29) is 17.1 Å². The summed E-state index contributed by atoms with van der Waals surface area (Å²) in [5.41, 5.74) is 5.27. The maximum Gasteiger partial charge on any atom is 0.356 e. The number of amides is 2. The normalized spacial score (nSPS) is 15.6. The lowest BCUT2D eigenvalue weighted by atomic mass is 9.77. The minimum Gasteiger partial charge on any atom is -0.448 e. The number of carbonyl (C=O) groups is 3. The first kappa shape index (κ1) is 51.0. The average molecular weight is 1060 g/mol. The van der Waals surface area contributed by atoms with E-state index in [4.69, 9.17) is 19.7 Å². The molecule has 11 rings (SSSR count). The molecular weight excluding hydrogens is 1010 g/mol. The Morgan fingerprint density at radius 1 is 0.628 bits per heavy atom. The molecule has 8 aromatic carbocycles. The lowest BCUT2D eigenvalue weighted by Gasteiger charge is -2.49. The van der Waals surface area contributed by atoms with Crippen LogP contribution >= 0.6 is 23.1 Å². The van der Waals surface area contributed by atoms with Gasteiger partial charge in [0.25, 0.3) is 11.8 Å². The summed E-state index contributed by atoms with van der Waals surface area (Å²) in [6, 6.07) is 77.8. The zero-order valence-corrected chi connectivity index (χ0v) is 44.1. The average Bonchev–Trinajstić information content (AvgIpc) is 4.02. The topological polar surface area (TPSA) is 122 Å². The summed E-state index contributed by atoms with van der Waals surface area (Å²) in [7, 11) is 0. The lowest BCUT2D eigenvalue weighted by molar-refractivity contribution is -0.154. The SMILES string of the molecule is C/C=C\C1=C(C(=O)OC(c2ccccc2)c2ccccc2)N2C(=O)C(NC(=O)/C(=N\OC(c3ccccc3)(c3ccccc3)c3ccccc3)c3csc(NC(c4ccccc4)(c4ccccc4)c4ccccc4)n3)[C@H]2SC1. The molecule has 2 amide bonds. The molecule has 1 saturated heterocycles. The van der Waals surface area contributed by atoms with Crippen molar-refractivity contribution < 1.29 is 24.0 Å². The molecule has 0 saturated carbocycles. The molecular formula is C66H53N5O5S2. The van der Waals surface area contributed by atoms with Crippen molar-refractivity contribution in [3.63, 3.8) is 0 Å². The number of hydrogen-bond donors (Lipinski definition) is 2. The van der Waals surface area contributed by atoms with Crippen LogP contribution in [-0.2, 0) is 35.1 Å². The molecule has 0 radical (unpaired) electrons. The molecule has 384 valence electrons. The fraction of sp³-hybridized carbons (Fsp3) is 0.106. The summed E-state index contributed by atoms with van der Waals surface area (Å²) in [6.45, 7) is 1.86. The molecule has 1 aromatic heterocycles. The maximum atomic E-state index is 15.4. The Kier molecular flexibility index (Phi) is 15.1. The minimum atomic E-state index is -1.36. The number of nitrogens with one attached hydrogen (secondary N) is 2. The molecule has 1 fully saturated rings. The van der Waals surface area contributed by atoms with Gasteiger partial charge in [-0.1, -0.05) is 260 Å². The van der Waals surface area contributed by atoms with Gasteiger partial charge in [0.1, 0.15) is 28.3 Å². The number of carbonyl (C=O) groups excluding carboxylic acids is 3. The van der Waals surface area contributed by atoms with Crippen molar-refractivity contribution in [2.75, 3.05) is 11.1 Å². The highest BCUT2D eigenvalue weighted by Gasteiger charge is 2.55. The number of aromatic nitrogens is 1. The molecule has 10 nitrogen and oxygen atoms in total. The number of benzene rings is 8. The molecule has 0 bridgehead atoms. The number of hydrogen-bond acceptors (Lipinski definition) is 10. The molecule has 1 unspecified atom stereocenters. The van der Waals surface area contributed by atoms with Gasteiger partial charge >= 0.3 is 5.97 Å². The summed E-state index contributed by atoms with van der Waals surface area (Å²) < 4.78 is 6.38. The van der Waals surface area contributed by atoms with E-state index in [1.54, 1.807) is 5.38 Å². The molecule has 3 heterocycles. The van der Waals surface area contributed by atoms with Crippen LogP contribution < -0.4 is 10.6 Å². The zero-order valence-electron chi connectivity index (χ0n) is 42.5. The van der Waals surface area contributed by atoms with Crippen molar-refractivity contribution in [1.82, 2.24) is 15.2 Å². The lowest BCUT2D eigenvalue weighted by Crippen LogP contribution is -2.71. The van der Waals surface area contributed by atoms with Crippen LogP contribution in [0.1, 0.15) is 63.2 Å². The van der Waals surface area contributed by atoms with Crippen LogP contribution in [0.15, 0.2) is 277 Å².